The maximum atomic E-state index is 11.9. The van der Waals surface area contributed by atoms with Crippen molar-refractivity contribution in [1.82, 2.24) is 4.98 Å². The number of hydrogen-bond donors (Lipinski definition) is 0. The Kier molecular flexibility index (Phi) is 4.04. The Morgan fingerprint density at radius 1 is 1.39 bits per heavy atom. The third kappa shape index (κ3) is 3.13. The third-order valence-electron chi connectivity index (χ3n) is 2.34. The van der Waals surface area contributed by atoms with Crippen molar-refractivity contribution < 1.29 is 13.9 Å². The average Bonchev–Trinajstić information content (AvgIpc) is 2.82. The van der Waals surface area contributed by atoms with E-state index in [1.165, 1.54) is 11.8 Å². The molecule has 94 valence electrons. The second kappa shape index (κ2) is 5.73. The van der Waals surface area contributed by atoms with Crippen molar-refractivity contribution >= 4 is 17.5 Å². The zero-order valence-corrected chi connectivity index (χ0v) is 11.0. The second-order valence-corrected chi connectivity index (χ2v) is 4.62. The number of oxazole rings is 1. The first-order valence-corrected chi connectivity index (χ1v) is 6.40. The van der Waals surface area contributed by atoms with Crippen LogP contribution >= 0.6 is 11.8 Å². The number of thioether (sulfide) groups is 1. The number of nitrogens with zero attached hydrogens (tertiary/aromatic N) is 1. The van der Waals surface area contributed by atoms with Gasteiger partial charge < -0.3 is 9.15 Å². The van der Waals surface area contributed by atoms with Crippen molar-refractivity contribution in [3.05, 3.63) is 41.8 Å². The van der Waals surface area contributed by atoms with E-state index in [1.807, 2.05) is 6.92 Å². The fraction of sp³-hybridized carbons (Fsp3) is 0.231. The lowest BCUT2D eigenvalue weighted by molar-refractivity contribution is 0.102. The highest BCUT2D eigenvalue weighted by molar-refractivity contribution is 7.99. The molecule has 2 rings (SSSR count). The molecule has 0 saturated carbocycles. The summed E-state index contributed by atoms with van der Waals surface area (Å²) in [7, 11) is 1.59. The molecule has 1 aromatic carbocycles. The highest BCUT2D eigenvalue weighted by Crippen LogP contribution is 2.19. The van der Waals surface area contributed by atoms with Gasteiger partial charge in [-0.05, 0) is 31.2 Å². The number of ether oxygens (including phenoxy) is 1. The lowest BCUT2D eigenvalue weighted by Crippen LogP contribution is -2.02. The van der Waals surface area contributed by atoms with Crippen LogP contribution in [0.4, 0.5) is 0 Å². The van der Waals surface area contributed by atoms with Crippen LogP contribution in [-0.4, -0.2) is 23.6 Å². The van der Waals surface area contributed by atoms with Crippen molar-refractivity contribution in [3.63, 3.8) is 0 Å². The summed E-state index contributed by atoms with van der Waals surface area (Å²) < 4.78 is 10.2. The molecule has 1 aromatic heterocycles. The summed E-state index contributed by atoms with van der Waals surface area (Å²) in [5, 5.41) is 0.523. The van der Waals surface area contributed by atoms with Crippen molar-refractivity contribution in [2.24, 2.45) is 0 Å². The fourth-order valence-electron chi connectivity index (χ4n) is 1.39. The van der Waals surface area contributed by atoms with E-state index in [4.69, 9.17) is 9.15 Å². The van der Waals surface area contributed by atoms with E-state index in [-0.39, 0.29) is 5.78 Å². The number of carbonyl (C=O) groups is 1. The molecule has 0 spiro atoms. The van der Waals surface area contributed by atoms with Crippen LogP contribution in [0.5, 0.6) is 5.75 Å². The Morgan fingerprint density at radius 3 is 2.67 bits per heavy atom. The zero-order valence-electron chi connectivity index (χ0n) is 10.2. The number of carbonyl (C=O) groups excluding carboxylic acids is 1. The number of Topliss-reactive ketones (excluding diaryl/α,β-unsaturated/α-hetero) is 1. The van der Waals surface area contributed by atoms with Gasteiger partial charge in [0.25, 0.3) is 5.22 Å². The average molecular weight is 263 g/mol. The molecule has 0 fully saturated rings. The summed E-state index contributed by atoms with van der Waals surface area (Å²) in [6.07, 6.45) is 1.57. The Hall–Kier alpha value is -1.75. The summed E-state index contributed by atoms with van der Waals surface area (Å²) in [4.78, 5) is 16.0. The van der Waals surface area contributed by atoms with Gasteiger partial charge in [-0.15, -0.1) is 0 Å². The number of hydrogen-bond acceptors (Lipinski definition) is 5. The van der Waals surface area contributed by atoms with E-state index in [2.05, 4.69) is 4.98 Å². The molecule has 0 aliphatic rings. The van der Waals surface area contributed by atoms with Gasteiger partial charge in [-0.1, -0.05) is 11.8 Å². The lowest BCUT2D eigenvalue weighted by atomic mass is 10.1. The summed E-state index contributed by atoms with van der Waals surface area (Å²) >= 11 is 1.30. The third-order valence-corrected chi connectivity index (χ3v) is 3.18. The van der Waals surface area contributed by atoms with Gasteiger partial charge in [-0.25, -0.2) is 4.98 Å². The van der Waals surface area contributed by atoms with Gasteiger partial charge in [0.1, 0.15) is 12.0 Å². The van der Waals surface area contributed by atoms with E-state index < -0.39 is 0 Å². The first-order chi connectivity index (χ1) is 8.69. The number of aryl methyl sites for hydroxylation is 1. The summed E-state index contributed by atoms with van der Waals surface area (Å²) in [5.41, 5.74) is 1.47. The lowest BCUT2D eigenvalue weighted by Gasteiger charge is -2.01. The summed E-state index contributed by atoms with van der Waals surface area (Å²) in [6, 6.07) is 7.05. The molecule has 1 heterocycles. The zero-order chi connectivity index (χ0) is 13.0. The largest absolute Gasteiger partial charge is 0.497 e. The van der Waals surface area contributed by atoms with Gasteiger partial charge >= 0.3 is 0 Å². The molecule has 2 aromatic rings. The van der Waals surface area contributed by atoms with E-state index in [9.17, 15) is 4.79 Å². The molecule has 0 amide bonds. The predicted molar refractivity (Wildman–Crippen MR) is 69.3 cm³/mol. The van der Waals surface area contributed by atoms with E-state index in [1.54, 1.807) is 37.6 Å². The molecule has 0 radical (unpaired) electrons. The Labute approximate surface area is 109 Å². The second-order valence-electron chi connectivity index (χ2n) is 3.70. The predicted octanol–water partition coefficient (Wildman–Crippen LogP) is 2.97. The first-order valence-electron chi connectivity index (χ1n) is 5.41. The topological polar surface area (TPSA) is 52.3 Å². The van der Waals surface area contributed by atoms with E-state index in [0.29, 0.717) is 16.5 Å². The molecule has 18 heavy (non-hydrogen) atoms. The smallest absolute Gasteiger partial charge is 0.256 e. The standard InChI is InChI=1S/C13H13NO3S/c1-9-7-17-13(14-9)18-8-12(15)10-3-5-11(16-2)6-4-10/h3-7H,8H2,1-2H3. The molecule has 0 saturated heterocycles. The van der Waals surface area contributed by atoms with Crippen LogP contribution in [0.1, 0.15) is 16.1 Å². The van der Waals surface area contributed by atoms with Crippen LogP contribution in [-0.2, 0) is 0 Å². The molecule has 0 aliphatic carbocycles. The maximum absolute atomic E-state index is 11.9. The number of ketones is 1. The Morgan fingerprint density at radius 2 is 2.11 bits per heavy atom. The number of rotatable bonds is 5. The molecule has 4 nitrogen and oxygen atoms in total. The maximum Gasteiger partial charge on any atom is 0.256 e. The Bertz CT molecular complexity index is 533. The minimum Gasteiger partial charge on any atom is -0.497 e. The molecule has 0 unspecified atom stereocenters. The quantitative estimate of drug-likeness (QED) is 0.613. The number of aromatic nitrogens is 1. The molecule has 5 heteroatoms. The fourth-order valence-corrected chi connectivity index (χ4v) is 2.13. The van der Waals surface area contributed by atoms with Gasteiger partial charge in [0, 0.05) is 5.56 Å². The van der Waals surface area contributed by atoms with Crippen LogP contribution in [0.2, 0.25) is 0 Å². The van der Waals surface area contributed by atoms with E-state index >= 15 is 0 Å². The van der Waals surface area contributed by atoms with Crippen LogP contribution in [0, 0.1) is 6.92 Å². The molecule has 0 aliphatic heterocycles. The minimum atomic E-state index is 0.0403. The van der Waals surface area contributed by atoms with Crippen LogP contribution in [0.15, 0.2) is 40.2 Å². The normalized spacial score (nSPS) is 10.3. The highest BCUT2D eigenvalue weighted by atomic mass is 32.2. The van der Waals surface area contributed by atoms with Crippen LogP contribution in [0.25, 0.3) is 0 Å². The molecule has 0 bridgehead atoms. The van der Waals surface area contributed by atoms with Gasteiger partial charge in [-0.3, -0.25) is 4.79 Å². The van der Waals surface area contributed by atoms with Crippen molar-refractivity contribution in [1.29, 1.82) is 0 Å². The Balaban J connectivity index is 1.94. The van der Waals surface area contributed by atoms with Gasteiger partial charge in [-0.2, -0.15) is 0 Å². The van der Waals surface area contributed by atoms with Gasteiger partial charge in [0.2, 0.25) is 0 Å². The molecule has 0 atom stereocenters. The monoisotopic (exact) mass is 263 g/mol. The van der Waals surface area contributed by atoms with Crippen molar-refractivity contribution in [3.8, 4) is 5.75 Å². The van der Waals surface area contributed by atoms with Crippen molar-refractivity contribution in [2.45, 2.75) is 12.1 Å². The highest BCUT2D eigenvalue weighted by Gasteiger charge is 2.09. The molecule has 0 N–H and O–H groups in total. The van der Waals surface area contributed by atoms with Crippen LogP contribution < -0.4 is 4.74 Å². The van der Waals surface area contributed by atoms with E-state index in [0.717, 1.165) is 11.4 Å². The van der Waals surface area contributed by atoms with Crippen molar-refractivity contribution in [2.75, 3.05) is 12.9 Å². The molecular formula is C13H13NO3S. The SMILES string of the molecule is COc1ccc(C(=O)CSc2nc(C)co2)cc1. The summed E-state index contributed by atoms with van der Waals surface area (Å²) in [6.45, 7) is 1.85. The minimum absolute atomic E-state index is 0.0403. The first kappa shape index (κ1) is 12.7. The van der Waals surface area contributed by atoms with Gasteiger partial charge in [0.15, 0.2) is 5.78 Å². The number of benzene rings is 1. The number of methoxy groups -OCH3 is 1. The van der Waals surface area contributed by atoms with Gasteiger partial charge in [0.05, 0.1) is 18.6 Å². The van der Waals surface area contributed by atoms with Crippen LogP contribution in [0.3, 0.4) is 0 Å². The summed E-state index contributed by atoms with van der Waals surface area (Å²) in [5.74, 6) is 1.09. The molecular weight excluding hydrogens is 250 g/mol.